The third-order valence-electron chi connectivity index (χ3n) is 6.36. The largest absolute Gasteiger partial charge is 0.417 e. The van der Waals surface area contributed by atoms with Crippen molar-refractivity contribution in [3.05, 3.63) is 75.9 Å². The molecule has 0 spiro atoms. The number of hydrogen-bond acceptors (Lipinski definition) is 2. The number of aromatic nitrogens is 1. The zero-order valence-electron chi connectivity index (χ0n) is 16.6. The number of alkyl halides is 3. The summed E-state index contributed by atoms with van der Waals surface area (Å²) in [6.07, 6.45) is -1.93. The highest BCUT2D eigenvalue weighted by Gasteiger charge is 2.57. The van der Waals surface area contributed by atoms with E-state index in [1.807, 2.05) is 25.1 Å². The molecule has 158 valence electrons. The van der Waals surface area contributed by atoms with Crippen molar-refractivity contribution >= 4 is 26.8 Å². The summed E-state index contributed by atoms with van der Waals surface area (Å²) in [5.41, 5.74) is -0.602. The molecule has 2 atom stereocenters. The van der Waals surface area contributed by atoms with E-state index in [1.165, 1.54) is 6.20 Å². The first-order valence-corrected chi connectivity index (χ1v) is 10.8. The van der Waals surface area contributed by atoms with E-state index >= 15 is 0 Å². The topological polar surface area (TPSA) is 33.1 Å². The molecule has 2 nitrogen and oxygen atoms in total. The van der Waals surface area contributed by atoms with Crippen molar-refractivity contribution in [2.75, 3.05) is 0 Å². The lowest BCUT2D eigenvalue weighted by atomic mass is 9.65. The second-order valence-electron chi connectivity index (χ2n) is 8.55. The quantitative estimate of drug-likeness (QED) is 0.464. The van der Waals surface area contributed by atoms with Crippen LogP contribution < -0.4 is 0 Å². The van der Waals surface area contributed by atoms with E-state index in [2.05, 4.69) is 20.9 Å². The fourth-order valence-electron chi connectivity index (χ4n) is 4.88. The van der Waals surface area contributed by atoms with Gasteiger partial charge in [-0.05, 0) is 66.0 Å². The molecule has 1 aromatic heterocycles. The SMILES string of the molecule is CC1(CC(O)(Cc2ccnc3ccccc23)C(F)(F)F)CCCc2c(Br)cccc21. The molecule has 1 heterocycles. The van der Waals surface area contributed by atoms with Crippen LogP contribution in [0.5, 0.6) is 0 Å². The summed E-state index contributed by atoms with van der Waals surface area (Å²) in [7, 11) is 0. The lowest BCUT2D eigenvalue weighted by Crippen LogP contribution is -2.52. The van der Waals surface area contributed by atoms with Gasteiger partial charge in [-0.3, -0.25) is 4.98 Å². The van der Waals surface area contributed by atoms with Gasteiger partial charge in [0.1, 0.15) is 0 Å². The van der Waals surface area contributed by atoms with Crippen LogP contribution in [0.1, 0.15) is 42.9 Å². The third kappa shape index (κ3) is 3.76. The number of para-hydroxylation sites is 1. The van der Waals surface area contributed by atoms with E-state index in [-0.39, 0.29) is 6.42 Å². The van der Waals surface area contributed by atoms with Gasteiger partial charge in [0.15, 0.2) is 5.60 Å². The Morgan fingerprint density at radius 3 is 2.63 bits per heavy atom. The van der Waals surface area contributed by atoms with Crippen LogP contribution in [0.2, 0.25) is 0 Å². The van der Waals surface area contributed by atoms with Crippen LogP contribution in [0.15, 0.2) is 59.2 Å². The minimum atomic E-state index is -4.76. The van der Waals surface area contributed by atoms with Gasteiger partial charge in [0.05, 0.1) is 5.52 Å². The van der Waals surface area contributed by atoms with Crippen LogP contribution >= 0.6 is 15.9 Å². The van der Waals surface area contributed by atoms with Crippen molar-refractivity contribution in [1.29, 1.82) is 0 Å². The van der Waals surface area contributed by atoms with Gasteiger partial charge >= 0.3 is 6.18 Å². The second-order valence-corrected chi connectivity index (χ2v) is 9.40. The molecule has 0 aliphatic heterocycles. The Morgan fingerprint density at radius 1 is 1.10 bits per heavy atom. The molecule has 1 aliphatic rings. The molecule has 0 fully saturated rings. The van der Waals surface area contributed by atoms with Crippen LogP contribution in [0, 0.1) is 0 Å². The molecule has 2 unspecified atom stereocenters. The van der Waals surface area contributed by atoms with Gasteiger partial charge < -0.3 is 5.11 Å². The van der Waals surface area contributed by atoms with Gasteiger partial charge in [0, 0.05) is 22.5 Å². The third-order valence-corrected chi connectivity index (χ3v) is 7.10. The Hall–Kier alpha value is -1.92. The number of rotatable bonds is 4. The minimum absolute atomic E-state index is 0.385. The summed E-state index contributed by atoms with van der Waals surface area (Å²) in [6, 6.07) is 14.3. The number of halogens is 4. The summed E-state index contributed by atoms with van der Waals surface area (Å²) in [6.45, 7) is 1.85. The summed E-state index contributed by atoms with van der Waals surface area (Å²) >= 11 is 3.54. The number of hydrogen-bond donors (Lipinski definition) is 1. The predicted molar refractivity (Wildman–Crippen MR) is 116 cm³/mol. The van der Waals surface area contributed by atoms with Crippen molar-refractivity contribution < 1.29 is 18.3 Å². The number of fused-ring (bicyclic) bond motifs is 2. The van der Waals surface area contributed by atoms with Crippen LogP contribution in [-0.2, 0) is 18.3 Å². The van der Waals surface area contributed by atoms with E-state index in [0.29, 0.717) is 22.9 Å². The Labute approximate surface area is 182 Å². The van der Waals surface area contributed by atoms with Gasteiger partial charge in [-0.25, -0.2) is 0 Å². The van der Waals surface area contributed by atoms with Gasteiger partial charge in [-0.2, -0.15) is 13.2 Å². The van der Waals surface area contributed by atoms with Gasteiger partial charge in [0.25, 0.3) is 0 Å². The van der Waals surface area contributed by atoms with Crippen LogP contribution in [0.3, 0.4) is 0 Å². The average Bonchev–Trinajstić information content (AvgIpc) is 2.68. The molecular formula is C24H23BrF3NO. The van der Waals surface area contributed by atoms with E-state index in [9.17, 15) is 18.3 Å². The molecule has 6 heteroatoms. The number of nitrogens with zero attached hydrogens (tertiary/aromatic N) is 1. The fourth-order valence-corrected chi connectivity index (χ4v) is 5.45. The molecule has 0 bridgehead atoms. The summed E-state index contributed by atoms with van der Waals surface area (Å²) in [4.78, 5) is 4.23. The molecule has 4 rings (SSSR count). The van der Waals surface area contributed by atoms with Crippen molar-refractivity contribution in [1.82, 2.24) is 4.98 Å². The Balaban J connectivity index is 1.77. The van der Waals surface area contributed by atoms with Gasteiger partial charge in [-0.15, -0.1) is 0 Å². The Kier molecular flexibility index (Phi) is 5.43. The molecule has 0 amide bonds. The zero-order valence-corrected chi connectivity index (χ0v) is 18.2. The van der Waals surface area contributed by atoms with Crippen molar-refractivity contribution in [2.24, 2.45) is 0 Å². The van der Waals surface area contributed by atoms with E-state index < -0.39 is 23.6 Å². The predicted octanol–water partition coefficient (Wildman–Crippen LogP) is 6.52. The van der Waals surface area contributed by atoms with Crippen molar-refractivity contribution in [2.45, 2.75) is 56.2 Å². The molecule has 2 aromatic carbocycles. The normalized spacial score (nSPS) is 21.3. The van der Waals surface area contributed by atoms with Crippen LogP contribution in [0.25, 0.3) is 10.9 Å². The van der Waals surface area contributed by atoms with Gasteiger partial charge in [-0.1, -0.05) is 53.2 Å². The van der Waals surface area contributed by atoms with Crippen LogP contribution in [-0.4, -0.2) is 21.9 Å². The highest BCUT2D eigenvalue weighted by molar-refractivity contribution is 9.10. The smallest absolute Gasteiger partial charge is 0.380 e. The van der Waals surface area contributed by atoms with Crippen molar-refractivity contribution in [3.63, 3.8) is 0 Å². The second kappa shape index (κ2) is 7.65. The molecule has 1 N–H and O–H groups in total. The first kappa shape index (κ1) is 21.3. The molecular weight excluding hydrogens is 455 g/mol. The van der Waals surface area contributed by atoms with E-state index in [1.54, 1.807) is 30.3 Å². The number of aliphatic hydroxyl groups is 1. The van der Waals surface area contributed by atoms with Gasteiger partial charge in [0.2, 0.25) is 0 Å². The maximum absolute atomic E-state index is 14.3. The average molecular weight is 478 g/mol. The molecule has 1 aliphatic carbocycles. The van der Waals surface area contributed by atoms with Crippen LogP contribution in [0.4, 0.5) is 13.2 Å². The standard InChI is InChI=1S/C24H23BrF3NO/c1-22(12-5-7-18-19(22)8-4-9-20(18)25)15-23(30,24(26,27)28)14-16-11-13-29-21-10-3-2-6-17(16)21/h2-4,6,8-11,13,30H,5,7,12,14-15H2,1H3. The lowest BCUT2D eigenvalue weighted by molar-refractivity contribution is -0.267. The number of pyridine rings is 1. The minimum Gasteiger partial charge on any atom is -0.380 e. The van der Waals surface area contributed by atoms with Crippen molar-refractivity contribution in [3.8, 4) is 0 Å². The van der Waals surface area contributed by atoms with E-state index in [0.717, 1.165) is 28.4 Å². The molecule has 0 saturated carbocycles. The molecule has 3 aromatic rings. The highest BCUT2D eigenvalue weighted by atomic mass is 79.9. The maximum Gasteiger partial charge on any atom is 0.417 e. The Bertz CT molecular complexity index is 1080. The summed E-state index contributed by atoms with van der Waals surface area (Å²) in [5, 5.41) is 11.8. The molecule has 30 heavy (non-hydrogen) atoms. The molecule has 0 radical (unpaired) electrons. The summed E-state index contributed by atoms with van der Waals surface area (Å²) < 4.78 is 43.8. The first-order chi connectivity index (χ1) is 14.1. The summed E-state index contributed by atoms with van der Waals surface area (Å²) in [5.74, 6) is 0. The zero-order chi connectivity index (χ0) is 21.6. The molecule has 0 saturated heterocycles. The Morgan fingerprint density at radius 2 is 1.87 bits per heavy atom. The maximum atomic E-state index is 14.3. The monoisotopic (exact) mass is 477 g/mol. The fraction of sp³-hybridized carbons (Fsp3) is 0.375. The highest BCUT2D eigenvalue weighted by Crippen LogP contribution is 2.49. The number of benzene rings is 2. The first-order valence-electron chi connectivity index (χ1n) is 10.0. The van der Waals surface area contributed by atoms with E-state index in [4.69, 9.17) is 0 Å². The lowest BCUT2D eigenvalue weighted by Gasteiger charge is -2.43.